The minimum absolute atomic E-state index is 0.651. The van der Waals surface area contributed by atoms with Gasteiger partial charge < -0.3 is 14.3 Å². The number of aryl methyl sites for hydroxylation is 1. The second-order valence-electron chi connectivity index (χ2n) is 5.93. The molecule has 0 aliphatic heterocycles. The van der Waals surface area contributed by atoms with Crippen LogP contribution >= 0.6 is 15.9 Å². The van der Waals surface area contributed by atoms with Gasteiger partial charge in [0, 0.05) is 15.9 Å². The van der Waals surface area contributed by atoms with Gasteiger partial charge in [0.2, 0.25) is 0 Å². The van der Waals surface area contributed by atoms with E-state index in [1.54, 1.807) is 12.6 Å². The minimum Gasteiger partial charge on any atom is -0.467 e. The molecule has 3 aromatic heterocycles. The van der Waals surface area contributed by atoms with Crippen LogP contribution in [0.15, 0.2) is 57.9 Å². The Hall–Kier alpha value is -2.60. The number of fused-ring (bicyclic) bond motifs is 1. The van der Waals surface area contributed by atoms with Crippen molar-refractivity contribution in [2.75, 3.05) is 5.32 Å². The number of furan rings is 1. The Labute approximate surface area is 153 Å². The van der Waals surface area contributed by atoms with E-state index in [4.69, 9.17) is 4.42 Å². The fourth-order valence-corrected chi connectivity index (χ4v) is 3.25. The fourth-order valence-electron chi connectivity index (χ4n) is 2.99. The van der Waals surface area contributed by atoms with Crippen molar-refractivity contribution in [2.24, 2.45) is 0 Å². The van der Waals surface area contributed by atoms with Gasteiger partial charge in [-0.2, -0.15) is 0 Å². The van der Waals surface area contributed by atoms with Crippen molar-refractivity contribution in [1.29, 1.82) is 0 Å². The third-order valence-corrected chi connectivity index (χ3v) is 4.94. The fraction of sp³-hybridized carbons (Fsp3) is 0.158. The minimum atomic E-state index is 0.651. The molecule has 0 aliphatic carbocycles. The summed E-state index contributed by atoms with van der Waals surface area (Å²) in [4.78, 5) is 8.99. The van der Waals surface area contributed by atoms with E-state index in [1.807, 2.05) is 36.4 Å². The third kappa shape index (κ3) is 2.93. The van der Waals surface area contributed by atoms with Crippen molar-refractivity contribution >= 4 is 38.5 Å². The maximum absolute atomic E-state index is 5.50. The van der Waals surface area contributed by atoms with Crippen LogP contribution in [-0.4, -0.2) is 14.5 Å². The number of halogens is 1. The summed E-state index contributed by atoms with van der Waals surface area (Å²) in [7, 11) is 0. The molecule has 0 fully saturated rings. The Morgan fingerprint density at radius 3 is 2.64 bits per heavy atom. The van der Waals surface area contributed by atoms with Crippen LogP contribution in [0.1, 0.15) is 17.0 Å². The molecular weight excluding hydrogens is 380 g/mol. The van der Waals surface area contributed by atoms with E-state index in [0.29, 0.717) is 6.54 Å². The molecule has 0 aliphatic rings. The summed E-state index contributed by atoms with van der Waals surface area (Å²) in [6.07, 6.45) is 3.29. The second-order valence-corrected chi connectivity index (χ2v) is 6.84. The first-order chi connectivity index (χ1) is 12.1. The van der Waals surface area contributed by atoms with Crippen molar-refractivity contribution in [1.82, 2.24) is 14.5 Å². The summed E-state index contributed by atoms with van der Waals surface area (Å²) in [6.45, 7) is 4.85. The van der Waals surface area contributed by atoms with Crippen molar-refractivity contribution in [2.45, 2.75) is 20.4 Å². The van der Waals surface area contributed by atoms with Gasteiger partial charge in [0.25, 0.3) is 0 Å². The van der Waals surface area contributed by atoms with Crippen molar-refractivity contribution in [3.63, 3.8) is 0 Å². The van der Waals surface area contributed by atoms with Gasteiger partial charge in [-0.3, -0.25) is 0 Å². The first-order valence-corrected chi connectivity index (χ1v) is 8.78. The molecule has 25 heavy (non-hydrogen) atoms. The molecule has 3 heterocycles. The van der Waals surface area contributed by atoms with Crippen LogP contribution in [-0.2, 0) is 6.54 Å². The molecule has 5 nitrogen and oxygen atoms in total. The third-order valence-electron chi connectivity index (χ3n) is 4.41. The number of nitrogens with zero attached hydrogens (tertiary/aromatic N) is 3. The Kier molecular flexibility index (Phi) is 4.05. The Balaban J connectivity index is 1.80. The quantitative estimate of drug-likeness (QED) is 0.515. The zero-order valence-electron chi connectivity index (χ0n) is 14.0. The lowest BCUT2D eigenvalue weighted by Gasteiger charge is -2.08. The molecule has 0 bridgehead atoms. The summed E-state index contributed by atoms with van der Waals surface area (Å²) in [6, 6.07) is 11.9. The average Bonchev–Trinajstić information content (AvgIpc) is 3.21. The Morgan fingerprint density at radius 2 is 1.92 bits per heavy atom. The summed E-state index contributed by atoms with van der Waals surface area (Å²) in [5, 5.41) is 4.44. The van der Waals surface area contributed by atoms with Gasteiger partial charge in [-0.15, -0.1) is 0 Å². The Bertz CT molecular complexity index is 1020. The van der Waals surface area contributed by atoms with Crippen molar-refractivity contribution in [3.05, 3.63) is 70.5 Å². The number of hydrogen-bond donors (Lipinski definition) is 1. The van der Waals surface area contributed by atoms with Crippen LogP contribution in [0.5, 0.6) is 0 Å². The lowest BCUT2D eigenvalue weighted by molar-refractivity contribution is 0.494. The van der Waals surface area contributed by atoms with Gasteiger partial charge in [-0.1, -0.05) is 15.9 Å². The van der Waals surface area contributed by atoms with Gasteiger partial charge >= 0.3 is 0 Å². The molecule has 126 valence electrons. The maximum Gasteiger partial charge on any atom is 0.146 e. The highest BCUT2D eigenvalue weighted by molar-refractivity contribution is 9.10. The number of benzene rings is 1. The van der Waals surface area contributed by atoms with E-state index in [9.17, 15) is 0 Å². The number of rotatable bonds is 4. The van der Waals surface area contributed by atoms with Crippen LogP contribution in [0, 0.1) is 13.8 Å². The zero-order chi connectivity index (χ0) is 17.4. The van der Waals surface area contributed by atoms with Crippen LogP contribution < -0.4 is 5.32 Å². The molecule has 0 spiro atoms. The van der Waals surface area contributed by atoms with Crippen LogP contribution in [0.4, 0.5) is 11.5 Å². The summed E-state index contributed by atoms with van der Waals surface area (Å²) < 4.78 is 8.71. The molecule has 1 N–H and O–H groups in total. The molecule has 4 aromatic rings. The first kappa shape index (κ1) is 15.9. The first-order valence-electron chi connectivity index (χ1n) is 7.99. The van der Waals surface area contributed by atoms with E-state index in [0.717, 1.165) is 38.5 Å². The van der Waals surface area contributed by atoms with E-state index >= 15 is 0 Å². The SMILES string of the molecule is Cc1c(C)n(Cc2ccco2)c2ncnc(Nc3ccc(Br)cc3)c12. The second kappa shape index (κ2) is 6.37. The lowest BCUT2D eigenvalue weighted by atomic mass is 10.2. The number of aromatic nitrogens is 3. The monoisotopic (exact) mass is 396 g/mol. The van der Waals surface area contributed by atoms with Crippen LogP contribution in [0.3, 0.4) is 0 Å². The number of anilines is 2. The molecule has 1 aromatic carbocycles. The highest BCUT2D eigenvalue weighted by atomic mass is 79.9. The van der Waals surface area contributed by atoms with Gasteiger partial charge in [-0.05, 0) is 55.8 Å². The number of nitrogens with one attached hydrogen (secondary N) is 1. The topological polar surface area (TPSA) is 55.9 Å². The largest absolute Gasteiger partial charge is 0.467 e. The highest BCUT2D eigenvalue weighted by Gasteiger charge is 2.17. The van der Waals surface area contributed by atoms with Crippen molar-refractivity contribution < 1.29 is 4.42 Å². The van der Waals surface area contributed by atoms with Crippen LogP contribution in [0.2, 0.25) is 0 Å². The molecule has 0 radical (unpaired) electrons. The van der Waals surface area contributed by atoms with E-state index in [1.165, 1.54) is 5.56 Å². The van der Waals surface area contributed by atoms with Crippen LogP contribution in [0.25, 0.3) is 11.0 Å². The van der Waals surface area contributed by atoms with Gasteiger partial charge in [0.05, 0.1) is 18.2 Å². The standard InChI is InChI=1S/C19H17BrN4O/c1-12-13(2)24(10-16-4-3-9-25-16)19-17(12)18(21-11-22-19)23-15-7-5-14(20)6-8-15/h3-9,11H,10H2,1-2H3,(H,21,22,23). The van der Waals surface area contributed by atoms with E-state index < -0.39 is 0 Å². The van der Waals surface area contributed by atoms with E-state index in [2.05, 4.69) is 49.6 Å². The number of hydrogen-bond acceptors (Lipinski definition) is 4. The predicted molar refractivity (Wildman–Crippen MR) is 102 cm³/mol. The normalized spacial score (nSPS) is 11.2. The lowest BCUT2D eigenvalue weighted by Crippen LogP contribution is -2.02. The molecule has 0 saturated heterocycles. The summed E-state index contributed by atoms with van der Waals surface area (Å²) in [5.74, 6) is 1.71. The smallest absolute Gasteiger partial charge is 0.146 e. The van der Waals surface area contributed by atoms with Gasteiger partial charge in [0.15, 0.2) is 0 Å². The molecule has 0 amide bonds. The molecule has 0 saturated carbocycles. The van der Waals surface area contributed by atoms with Gasteiger partial charge in [-0.25, -0.2) is 9.97 Å². The molecular formula is C19H17BrN4O. The summed E-state index contributed by atoms with van der Waals surface area (Å²) >= 11 is 3.46. The zero-order valence-corrected chi connectivity index (χ0v) is 15.5. The Morgan fingerprint density at radius 1 is 1.12 bits per heavy atom. The molecule has 0 unspecified atom stereocenters. The molecule has 4 rings (SSSR count). The average molecular weight is 397 g/mol. The maximum atomic E-state index is 5.50. The molecule has 0 atom stereocenters. The highest BCUT2D eigenvalue weighted by Crippen LogP contribution is 2.31. The van der Waals surface area contributed by atoms with Crippen molar-refractivity contribution in [3.8, 4) is 0 Å². The van der Waals surface area contributed by atoms with E-state index in [-0.39, 0.29) is 0 Å². The molecule has 6 heteroatoms. The summed E-state index contributed by atoms with van der Waals surface area (Å²) in [5.41, 5.74) is 4.22. The predicted octanol–water partition coefficient (Wildman–Crippen LogP) is 5.20. The van der Waals surface area contributed by atoms with Gasteiger partial charge in [0.1, 0.15) is 23.6 Å².